The van der Waals surface area contributed by atoms with E-state index in [9.17, 15) is 10.1 Å². The summed E-state index contributed by atoms with van der Waals surface area (Å²) in [6, 6.07) is -0.158. The molecule has 0 amide bonds. The molecule has 0 spiro atoms. The highest BCUT2D eigenvalue weighted by Gasteiger charge is 2.31. The molecule has 0 N–H and O–H groups in total. The molecule has 2 rings (SSSR count). The fourth-order valence-corrected chi connectivity index (χ4v) is 2.95. The summed E-state index contributed by atoms with van der Waals surface area (Å²) in [4.78, 5) is 10.6. The van der Waals surface area contributed by atoms with Crippen LogP contribution < -0.4 is 4.74 Å². The number of nitrogens with zero attached hydrogens (tertiary/aromatic N) is 3. The number of methoxy groups -OCH3 is 1. The summed E-state index contributed by atoms with van der Waals surface area (Å²) >= 11 is 0. The normalized spacial score (nSPS) is 23.3. The first-order chi connectivity index (χ1) is 9.08. The van der Waals surface area contributed by atoms with Crippen molar-refractivity contribution in [3.05, 3.63) is 21.4 Å². The summed E-state index contributed by atoms with van der Waals surface area (Å²) in [5, 5.41) is 15.4. The van der Waals surface area contributed by atoms with Crippen molar-refractivity contribution < 1.29 is 9.66 Å². The van der Waals surface area contributed by atoms with Crippen LogP contribution in [-0.2, 0) is 6.42 Å². The van der Waals surface area contributed by atoms with E-state index in [1.807, 2.05) is 11.6 Å². The van der Waals surface area contributed by atoms with Crippen LogP contribution in [0.1, 0.15) is 49.9 Å². The van der Waals surface area contributed by atoms with Gasteiger partial charge in [0, 0.05) is 23.3 Å². The molecule has 0 atom stereocenters. The number of rotatable bonds is 4. The number of hydrogen-bond donors (Lipinski definition) is 0. The second-order valence-electron chi connectivity index (χ2n) is 5.12. The van der Waals surface area contributed by atoms with Crippen LogP contribution in [0.2, 0.25) is 0 Å². The summed E-state index contributed by atoms with van der Waals surface area (Å²) in [6.45, 7) is 4.07. The van der Waals surface area contributed by atoms with Gasteiger partial charge in [0.1, 0.15) is 0 Å². The van der Waals surface area contributed by atoms with Crippen LogP contribution in [0.5, 0.6) is 5.88 Å². The lowest BCUT2D eigenvalue weighted by Crippen LogP contribution is -2.28. The van der Waals surface area contributed by atoms with Gasteiger partial charge in [-0.05, 0) is 26.2 Å². The van der Waals surface area contributed by atoms with Crippen LogP contribution in [0.25, 0.3) is 0 Å². The molecule has 1 aliphatic rings. The molecule has 1 aliphatic carbocycles. The van der Waals surface area contributed by atoms with Crippen molar-refractivity contribution in [2.45, 2.75) is 58.0 Å². The monoisotopic (exact) mass is 267 g/mol. The van der Waals surface area contributed by atoms with Gasteiger partial charge in [-0.1, -0.05) is 6.92 Å². The zero-order valence-electron chi connectivity index (χ0n) is 11.8. The van der Waals surface area contributed by atoms with Crippen molar-refractivity contribution in [1.29, 1.82) is 0 Å². The molecule has 6 nitrogen and oxygen atoms in total. The number of ether oxygens (including phenoxy) is 1. The molecule has 0 aromatic carbocycles. The number of hydrogen-bond acceptors (Lipinski definition) is 4. The standard InChI is InChI=1S/C13H21N3O3/c1-4-12-9(2)14-15(13(12)19-3)10-5-7-11(8-6-10)16(17)18/h10-11H,4-8H2,1-3H3. The van der Waals surface area contributed by atoms with Crippen LogP contribution in [0.4, 0.5) is 0 Å². The Bertz CT molecular complexity index is 462. The minimum absolute atomic E-state index is 0.154. The average Bonchev–Trinajstić information content (AvgIpc) is 2.74. The minimum atomic E-state index is -0.385. The van der Waals surface area contributed by atoms with Crippen molar-refractivity contribution in [2.75, 3.05) is 7.11 Å². The maximum atomic E-state index is 10.8. The molecule has 6 heteroatoms. The van der Waals surface area contributed by atoms with E-state index in [1.165, 1.54) is 0 Å². The Morgan fingerprint density at radius 3 is 2.53 bits per heavy atom. The summed E-state index contributed by atoms with van der Waals surface area (Å²) in [5.41, 5.74) is 2.13. The molecule has 0 radical (unpaired) electrons. The Morgan fingerprint density at radius 1 is 1.42 bits per heavy atom. The lowest BCUT2D eigenvalue weighted by molar-refractivity contribution is -0.526. The van der Waals surface area contributed by atoms with E-state index in [0.29, 0.717) is 12.8 Å². The lowest BCUT2D eigenvalue weighted by Gasteiger charge is -2.25. The largest absolute Gasteiger partial charge is 0.481 e. The fraction of sp³-hybridized carbons (Fsp3) is 0.769. The Hall–Kier alpha value is -1.59. The molecular weight excluding hydrogens is 246 g/mol. The molecule has 0 saturated heterocycles. The summed E-state index contributed by atoms with van der Waals surface area (Å²) < 4.78 is 7.42. The second-order valence-corrected chi connectivity index (χ2v) is 5.12. The van der Waals surface area contributed by atoms with E-state index in [-0.39, 0.29) is 17.0 Å². The Labute approximate surface area is 112 Å². The zero-order chi connectivity index (χ0) is 14.0. The highest BCUT2D eigenvalue weighted by atomic mass is 16.6. The van der Waals surface area contributed by atoms with Gasteiger partial charge in [-0.3, -0.25) is 10.1 Å². The molecule has 1 fully saturated rings. The summed E-state index contributed by atoms with van der Waals surface area (Å²) in [6.07, 6.45) is 3.74. The molecule has 19 heavy (non-hydrogen) atoms. The molecule has 106 valence electrons. The fourth-order valence-electron chi connectivity index (χ4n) is 2.95. The topological polar surface area (TPSA) is 70.2 Å². The first-order valence-electron chi connectivity index (χ1n) is 6.83. The predicted octanol–water partition coefficient (Wildman–Crippen LogP) is 2.52. The third kappa shape index (κ3) is 2.57. The Morgan fingerprint density at radius 2 is 2.05 bits per heavy atom. The first kappa shape index (κ1) is 13.8. The van der Waals surface area contributed by atoms with Crippen LogP contribution in [0.3, 0.4) is 0 Å². The van der Waals surface area contributed by atoms with E-state index in [2.05, 4.69) is 12.0 Å². The van der Waals surface area contributed by atoms with Crippen molar-refractivity contribution in [2.24, 2.45) is 0 Å². The SMILES string of the molecule is CCc1c(C)nn(C2CCC([N+](=O)[O-])CC2)c1OC. The smallest absolute Gasteiger partial charge is 0.215 e. The molecule has 0 aliphatic heterocycles. The van der Waals surface area contributed by atoms with E-state index < -0.39 is 0 Å². The summed E-state index contributed by atoms with van der Waals surface area (Å²) in [5.74, 6) is 0.824. The molecule has 1 saturated carbocycles. The predicted molar refractivity (Wildman–Crippen MR) is 71.2 cm³/mol. The molecular formula is C13H21N3O3. The number of aromatic nitrogens is 2. The van der Waals surface area contributed by atoms with E-state index >= 15 is 0 Å². The van der Waals surface area contributed by atoms with Crippen LogP contribution in [0, 0.1) is 17.0 Å². The van der Waals surface area contributed by atoms with E-state index in [1.54, 1.807) is 7.11 Å². The maximum absolute atomic E-state index is 10.8. The zero-order valence-corrected chi connectivity index (χ0v) is 11.8. The first-order valence-corrected chi connectivity index (χ1v) is 6.83. The van der Waals surface area contributed by atoms with Gasteiger partial charge in [0.2, 0.25) is 11.9 Å². The second kappa shape index (κ2) is 5.59. The maximum Gasteiger partial charge on any atom is 0.215 e. The lowest BCUT2D eigenvalue weighted by atomic mass is 9.91. The van der Waals surface area contributed by atoms with Gasteiger partial charge in [0.05, 0.1) is 18.8 Å². The highest BCUT2D eigenvalue weighted by molar-refractivity contribution is 5.31. The quantitative estimate of drug-likeness (QED) is 0.621. The van der Waals surface area contributed by atoms with Crippen molar-refractivity contribution in [3.8, 4) is 5.88 Å². The van der Waals surface area contributed by atoms with E-state index in [4.69, 9.17) is 4.74 Å². The number of nitro groups is 1. The minimum Gasteiger partial charge on any atom is -0.481 e. The van der Waals surface area contributed by atoms with Gasteiger partial charge in [0.25, 0.3) is 0 Å². The van der Waals surface area contributed by atoms with Crippen molar-refractivity contribution in [3.63, 3.8) is 0 Å². The van der Waals surface area contributed by atoms with Gasteiger partial charge in [0.15, 0.2) is 0 Å². The van der Waals surface area contributed by atoms with Crippen molar-refractivity contribution in [1.82, 2.24) is 9.78 Å². The van der Waals surface area contributed by atoms with Gasteiger partial charge in [-0.25, -0.2) is 4.68 Å². The van der Waals surface area contributed by atoms with Gasteiger partial charge in [-0.2, -0.15) is 5.10 Å². The number of aryl methyl sites for hydroxylation is 1. The van der Waals surface area contributed by atoms with Crippen molar-refractivity contribution >= 4 is 0 Å². The van der Waals surface area contributed by atoms with E-state index in [0.717, 1.165) is 36.4 Å². The molecule has 1 heterocycles. The van der Waals surface area contributed by atoms with Gasteiger partial charge >= 0.3 is 0 Å². The van der Waals surface area contributed by atoms with Crippen LogP contribution >= 0.6 is 0 Å². The van der Waals surface area contributed by atoms with Gasteiger partial charge in [-0.15, -0.1) is 0 Å². The molecule has 1 aromatic rings. The molecule has 0 bridgehead atoms. The van der Waals surface area contributed by atoms with Crippen LogP contribution in [0.15, 0.2) is 0 Å². The molecule has 1 aromatic heterocycles. The van der Waals surface area contributed by atoms with Crippen LogP contribution in [-0.4, -0.2) is 27.9 Å². The Balaban J connectivity index is 2.17. The summed E-state index contributed by atoms with van der Waals surface area (Å²) in [7, 11) is 1.66. The third-order valence-corrected chi connectivity index (χ3v) is 4.02. The highest BCUT2D eigenvalue weighted by Crippen LogP contribution is 2.34. The third-order valence-electron chi connectivity index (χ3n) is 4.02. The van der Waals surface area contributed by atoms with Gasteiger partial charge < -0.3 is 4.74 Å². The average molecular weight is 267 g/mol. The Kier molecular flexibility index (Phi) is 4.07. The molecule has 0 unspecified atom stereocenters.